The summed E-state index contributed by atoms with van der Waals surface area (Å²) in [7, 11) is 0. The summed E-state index contributed by atoms with van der Waals surface area (Å²) in [5.74, 6) is -1.38. The normalized spacial score (nSPS) is 18.4. The maximum atomic E-state index is 13.4. The fraction of sp³-hybridized carbons (Fsp3) is 0.381. The average molecular weight is 371 g/mol. The highest BCUT2D eigenvalue weighted by Gasteiger charge is 2.24. The van der Waals surface area contributed by atoms with Crippen molar-refractivity contribution in [3.63, 3.8) is 0 Å². The third kappa shape index (κ3) is 4.04. The van der Waals surface area contributed by atoms with Gasteiger partial charge < -0.3 is 15.5 Å². The third-order valence-corrected chi connectivity index (χ3v) is 5.46. The zero-order chi connectivity index (χ0) is 18.8. The minimum atomic E-state index is -0.834. The van der Waals surface area contributed by atoms with E-state index in [0.29, 0.717) is 18.8 Å². The van der Waals surface area contributed by atoms with Crippen molar-refractivity contribution in [3.05, 3.63) is 59.2 Å². The number of urea groups is 1. The smallest absolute Gasteiger partial charge is 0.319 e. The second kappa shape index (κ2) is 7.55. The quantitative estimate of drug-likeness (QED) is 0.850. The van der Waals surface area contributed by atoms with Crippen molar-refractivity contribution >= 4 is 17.4 Å². The summed E-state index contributed by atoms with van der Waals surface area (Å²) < 4.78 is 26.5. The Bertz CT molecular complexity index is 855. The Morgan fingerprint density at radius 3 is 2.78 bits per heavy atom. The van der Waals surface area contributed by atoms with Gasteiger partial charge in [-0.05, 0) is 67.0 Å². The molecule has 1 aliphatic carbocycles. The number of fused-ring (bicyclic) bond motifs is 1. The van der Waals surface area contributed by atoms with Crippen LogP contribution in [0.1, 0.15) is 24.0 Å². The molecule has 27 heavy (non-hydrogen) atoms. The van der Waals surface area contributed by atoms with Gasteiger partial charge >= 0.3 is 6.03 Å². The molecular formula is C21H23F2N3O. The van der Waals surface area contributed by atoms with Gasteiger partial charge in [0.2, 0.25) is 0 Å². The second-order valence-corrected chi connectivity index (χ2v) is 7.37. The van der Waals surface area contributed by atoms with E-state index in [4.69, 9.17) is 0 Å². The van der Waals surface area contributed by atoms with Crippen LogP contribution >= 0.6 is 0 Å². The van der Waals surface area contributed by atoms with E-state index in [0.717, 1.165) is 37.6 Å². The average Bonchev–Trinajstić information content (AvgIpc) is 3.31. The van der Waals surface area contributed by atoms with Crippen LogP contribution in [0, 0.1) is 17.6 Å². The molecule has 1 atom stereocenters. The molecule has 142 valence electrons. The first kappa shape index (κ1) is 17.8. The van der Waals surface area contributed by atoms with E-state index in [-0.39, 0.29) is 11.9 Å². The maximum Gasteiger partial charge on any atom is 0.319 e. The lowest BCUT2D eigenvalue weighted by Crippen LogP contribution is -2.34. The van der Waals surface area contributed by atoms with E-state index < -0.39 is 11.6 Å². The van der Waals surface area contributed by atoms with Crippen molar-refractivity contribution < 1.29 is 13.6 Å². The highest BCUT2D eigenvalue weighted by Crippen LogP contribution is 2.26. The van der Waals surface area contributed by atoms with Gasteiger partial charge in [-0.3, -0.25) is 0 Å². The van der Waals surface area contributed by atoms with Crippen LogP contribution in [0.2, 0.25) is 0 Å². The number of carbonyl (C=O) groups excluding carboxylic acids is 1. The maximum absolute atomic E-state index is 13.4. The van der Waals surface area contributed by atoms with Crippen LogP contribution in [0.3, 0.4) is 0 Å². The highest BCUT2D eigenvalue weighted by atomic mass is 19.2. The van der Waals surface area contributed by atoms with Gasteiger partial charge in [-0.15, -0.1) is 0 Å². The molecule has 1 aliphatic heterocycles. The van der Waals surface area contributed by atoms with Gasteiger partial charge in [-0.2, -0.15) is 0 Å². The number of benzene rings is 2. The first-order valence-electron chi connectivity index (χ1n) is 9.45. The molecule has 2 aromatic rings. The van der Waals surface area contributed by atoms with Crippen molar-refractivity contribution in [2.24, 2.45) is 5.92 Å². The Labute approximate surface area is 157 Å². The predicted octanol–water partition coefficient (Wildman–Crippen LogP) is 4.10. The fourth-order valence-corrected chi connectivity index (χ4v) is 3.98. The Morgan fingerprint density at radius 2 is 1.93 bits per heavy atom. The molecule has 1 fully saturated rings. The number of rotatable bonds is 4. The standard InChI is InChI=1S/C21H23F2N3O/c22-19-7-6-18(11-20(19)23)26-9-8-14(13-26)12-24-21(27)25-17-5-4-15-2-1-3-16(15)10-17/h4-7,10-11,14H,1-3,8-9,12-13H2,(H2,24,25,27)/t14-/m0/s1. The van der Waals surface area contributed by atoms with Gasteiger partial charge in [0.15, 0.2) is 11.6 Å². The number of nitrogens with one attached hydrogen (secondary N) is 2. The number of aryl methyl sites for hydroxylation is 2. The van der Waals surface area contributed by atoms with Gasteiger partial charge in [0.25, 0.3) is 0 Å². The van der Waals surface area contributed by atoms with Crippen molar-refractivity contribution in [2.75, 3.05) is 29.9 Å². The molecule has 0 spiro atoms. The number of halogens is 2. The summed E-state index contributed by atoms with van der Waals surface area (Å²) in [4.78, 5) is 14.2. The van der Waals surface area contributed by atoms with Crippen molar-refractivity contribution in [3.8, 4) is 0 Å². The summed E-state index contributed by atoms with van der Waals surface area (Å²) in [5.41, 5.74) is 4.21. The molecule has 4 nitrogen and oxygen atoms in total. The monoisotopic (exact) mass is 371 g/mol. The van der Waals surface area contributed by atoms with Crippen LogP contribution in [0.25, 0.3) is 0 Å². The van der Waals surface area contributed by atoms with Gasteiger partial charge in [0.1, 0.15) is 0 Å². The topological polar surface area (TPSA) is 44.4 Å². The number of nitrogens with zero attached hydrogens (tertiary/aromatic N) is 1. The molecule has 0 aromatic heterocycles. The van der Waals surface area contributed by atoms with E-state index in [2.05, 4.69) is 22.8 Å². The number of hydrogen-bond donors (Lipinski definition) is 2. The van der Waals surface area contributed by atoms with Crippen LogP contribution in [0.4, 0.5) is 25.0 Å². The van der Waals surface area contributed by atoms with Gasteiger partial charge in [-0.1, -0.05) is 6.07 Å². The van der Waals surface area contributed by atoms with Gasteiger partial charge in [0, 0.05) is 37.1 Å². The molecule has 2 aliphatic rings. The SMILES string of the molecule is O=C(NC[C@@H]1CCN(c2ccc(F)c(F)c2)C1)Nc1ccc2c(c1)CCC2. The van der Waals surface area contributed by atoms with Crippen molar-refractivity contribution in [1.29, 1.82) is 0 Å². The Kier molecular flexibility index (Phi) is 4.97. The lowest BCUT2D eigenvalue weighted by molar-refractivity contribution is 0.250. The number of carbonyl (C=O) groups is 1. The predicted molar refractivity (Wildman–Crippen MR) is 102 cm³/mol. The number of anilines is 2. The molecule has 0 unspecified atom stereocenters. The summed E-state index contributed by atoms with van der Waals surface area (Å²) >= 11 is 0. The lowest BCUT2D eigenvalue weighted by atomic mass is 10.1. The van der Waals surface area contributed by atoms with Crippen molar-refractivity contribution in [1.82, 2.24) is 5.32 Å². The molecule has 2 amide bonds. The highest BCUT2D eigenvalue weighted by molar-refractivity contribution is 5.89. The fourth-order valence-electron chi connectivity index (χ4n) is 3.98. The van der Waals surface area contributed by atoms with Gasteiger partial charge in [0.05, 0.1) is 0 Å². The summed E-state index contributed by atoms with van der Waals surface area (Å²) in [6.45, 7) is 2.03. The van der Waals surface area contributed by atoms with E-state index in [1.807, 2.05) is 11.0 Å². The Hall–Kier alpha value is -2.63. The third-order valence-electron chi connectivity index (χ3n) is 5.46. The molecule has 1 saturated heterocycles. The first-order chi connectivity index (χ1) is 13.1. The Balaban J connectivity index is 1.26. The zero-order valence-electron chi connectivity index (χ0n) is 15.1. The molecule has 0 bridgehead atoms. The van der Waals surface area contributed by atoms with Crippen LogP contribution < -0.4 is 15.5 Å². The Morgan fingerprint density at radius 1 is 1.07 bits per heavy atom. The summed E-state index contributed by atoms with van der Waals surface area (Å²) in [6.07, 6.45) is 4.28. The molecular weight excluding hydrogens is 348 g/mol. The van der Waals surface area contributed by atoms with E-state index >= 15 is 0 Å². The summed E-state index contributed by atoms with van der Waals surface area (Å²) in [5, 5.41) is 5.82. The van der Waals surface area contributed by atoms with E-state index in [1.54, 1.807) is 6.07 Å². The first-order valence-corrected chi connectivity index (χ1v) is 9.45. The number of amides is 2. The molecule has 0 saturated carbocycles. The van der Waals surface area contributed by atoms with E-state index in [1.165, 1.54) is 23.6 Å². The van der Waals surface area contributed by atoms with Crippen LogP contribution in [0.15, 0.2) is 36.4 Å². The van der Waals surface area contributed by atoms with Crippen LogP contribution in [0.5, 0.6) is 0 Å². The van der Waals surface area contributed by atoms with E-state index in [9.17, 15) is 13.6 Å². The minimum Gasteiger partial charge on any atom is -0.371 e. The van der Waals surface area contributed by atoms with Crippen molar-refractivity contribution in [2.45, 2.75) is 25.7 Å². The molecule has 2 N–H and O–H groups in total. The van der Waals surface area contributed by atoms with Gasteiger partial charge in [-0.25, -0.2) is 13.6 Å². The lowest BCUT2D eigenvalue weighted by Gasteiger charge is -2.19. The molecule has 0 radical (unpaired) electrons. The second-order valence-electron chi connectivity index (χ2n) is 7.37. The van der Waals surface area contributed by atoms with Crippen LogP contribution in [-0.4, -0.2) is 25.7 Å². The zero-order valence-corrected chi connectivity index (χ0v) is 15.1. The molecule has 1 heterocycles. The largest absolute Gasteiger partial charge is 0.371 e. The van der Waals surface area contributed by atoms with Crippen LogP contribution in [-0.2, 0) is 12.8 Å². The number of hydrogen-bond acceptors (Lipinski definition) is 2. The molecule has 4 rings (SSSR count). The molecule has 2 aromatic carbocycles. The summed E-state index contributed by atoms with van der Waals surface area (Å²) in [6, 6.07) is 9.86. The molecule has 6 heteroatoms. The minimum absolute atomic E-state index is 0.209.